The van der Waals surface area contributed by atoms with E-state index in [9.17, 15) is 0 Å². The lowest BCUT2D eigenvalue weighted by Crippen LogP contribution is -2.13. The van der Waals surface area contributed by atoms with Gasteiger partial charge in [0, 0.05) is 6.54 Å². The van der Waals surface area contributed by atoms with Crippen LogP contribution in [0.5, 0.6) is 0 Å². The van der Waals surface area contributed by atoms with Gasteiger partial charge in [0.2, 0.25) is 0 Å². The maximum absolute atomic E-state index is 6.09. The maximum atomic E-state index is 6.09. The fourth-order valence-corrected chi connectivity index (χ4v) is 1.75. The molecule has 0 aliphatic carbocycles. The first-order valence-corrected chi connectivity index (χ1v) is 6.06. The van der Waals surface area contributed by atoms with Gasteiger partial charge in [0.1, 0.15) is 0 Å². The van der Waals surface area contributed by atoms with Gasteiger partial charge in [0.05, 0.1) is 22.6 Å². The molecule has 17 heavy (non-hydrogen) atoms. The predicted molar refractivity (Wildman–Crippen MR) is 68.4 cm³/mol. The molecule has 0 saturated carbocycles. The molecule has 0 atom stereocenters. The molecule has 0 radical (unpaired) electrons. The summed E-state index contributed by atoms with van der Waals surface area (Å²) >= 11 is 6.09. The summed E-state index contributed by atoms with van der Waals surface area (Å²) in [7, 11) is 0. The number of benzene rings is 1. The molecule has 0 unspecified atom stereocenters. The van der Waals surface area contributed by atoms with Crippen molar-refractivity contribution in [1.29, 1.82) is 0 Å². The second kappa shape index (κ2) is 5.80. The van der Waals surface area contributed by atoms with E-state index in [1.165, 1.54) is 0 Å². The summed E-state index contributed by atoms with van der Waals surface area (Å²) in [6, 6.07) is 7.58. The zero-order valence-corrected chi connectivity index (χ0v) is 10.5. The Morgan fingerprint density at radius 1 is 1.35 bits per heavy atom. The molecule has 0 amide bonds. The van der Waals surface area contributed by atoms with Gasteiger partial charge in [0.15, 0.2) is 0 Å². The van der Waals surface area contributed by atoms with Crippen LogP contribution in [0.25, 0.3) is 5.69 Å². The number of nitrogens with one attached hydrogen (secondary N) is 1. The Labute approximate surface area is 106 Å². The second-order valence-electron chi connectivity index (χ2n) is 3.78. The van der Waals surface area contributed by atoms with Gasteiger partial charge in [-0.05, 0) is 25.1 Å². The maximum Gasteiger partial charge on any atom is 0.0969 e. The Hall–Kier alpha value is -1.39. The molecule has 0 bridgehead atoms. The van der Waals surface area contributed by atoms with Crippen molar-refractivity contribution in [3.05, 3.63) is 41.2 Å². The quantitative estimate of drug-likeness (QED) is 0.829. The zero-order chi connectivity index (χ0) is 12.1. The molecule has 0 aliphatic heterocycles. The van der Waals surface area contributed by atoms with Crippen LogP contribution in [-0.4, -0.2) is 21.5 Å². The van der Waals surface area contributed by atoms with Gasteiger partial charge in [-0.1, -0.05) is 35.9 Å². The minimum atomic E-state index is 0.672. The lowest BCUT2D eigenvalue weighted by atomic mass is 10.3. The molecule has 1 aromatic carbocycles. The van der Waals surface area contributed by atoms with Crippen molar-refractivity contribution in [2.45, 2.75) is 19.9 Å². The third-order valence-electron chi connectivity index (χ3n) is 2.37. The Morgan fingerprint density at radius 3 is 2.94 bits per heavy atom. The summed E-state index contributed by atoms with van der Waals surface area (Å²) in [6.07, 6.45) is 3.00. The molecule has 0 saturated heterocycles. The number of para-hydroxylation sites is 1. The summed E-state index contributed by atoms with van der Waals surface area (Å²) in [5, 5.41) is 12.1. The standard InChI is InChI=1S/C12H15ClN4/c1-2-7-14-8-10-9-17(16-15-10)12-6-4-3-5-11(12)13/h3-6,9,14H,2,7-8H2,1H3. The molecule has 5 heteroatoms. The van der Waals surface area contributed by atoms with Gasteiger partial charge >= 0.3 is 0 Å². The van der Waals surface area contributed by atoms with Crippen LogP contribution in [0.4, 0.5) is 0 Å². The molecule has 2 aromatic rings. The van der Waals surface area contributed by atoms with E-state index in [4.69, 9.17) is 11.6 Å². The SMILES string of the molecule is CCCNCc1cn(-c2ccccc2Cl)nn1. The molecule has 4 nitrogen and oxygen atoms in total. The summed E-state index contributed by atoms with van der Waals surface area (Å²) in [6.45, 7) is 3.85. The van der Waals surface area contributed by atoms with Crippen LogP contribution < -0.4 is 5.32 Å². The van der Waals surface area contributed by atoms with Crippen LogP contribution >= 0.6 is 11.6 Å². The molecule has 2 rings (SSSR count). The number of hydrogen-bond donors (Lipinski definition) is 1. The number of nitrogens with zero attached hydrogens (tertiary/aromatic N) is 3. The van der Waals surface area contributed by atoms with Crippen molar-refractivity contribution < 1.29 is 0 Å². The molecule has 90 valence electrons. The Morgan fingerprint density at radius 2 is 2.18 bits per heavy atom. The van der Waals surface area contributed by atoms with Crippen LogP contribution in [0.2, 0.25) is 5.02 Å². The Balaban J connectivity index is 2.10. The highest BCUT2D eigenvalue weighted by molar-refractivity contribution is 6.32. The average Bonchev–Trinajstić information content (AvgIpc) is 2.79. The zero-order valence-electron chi connectivity index (χ0n) is 9.73. The van der Waals surface area contributed by atoms with E-state index in [1.54, 1.807) is 4.68 Å². The summed E-state index contributed by atoms with van der Waals surface area (Å²) in [5.74, 6) is 0. The second-order valence-corrected chi connectivity index (χ2v) is 4.19. The van der Waals surface area contributed by atoms with Crippen LogP contribution in [-0.2, 0) is 6.54 Å². The molecule has 1 N–H and O–H groups in total. The highest BCUT2D eigenvalue weighted by Crippen LogP contribution is 2.18. The summed E-state index contributed by atoms with van der Waals surface area (Å²) < 4.78 is 1.70. The van der Waals surface area contributed by atoms with Crippen molar-refractivity contribution in [2.75, 3.05) is 6.54 Å². The first-order chi connectivity index (χ1) is 8.31. The van der Waals surface area contributed by atoms with E-state index in [0.29, 0.717) is 5.02 Å². The van der Waals surface area contributed by atoms with Crippen molar-refractivity contribution in [3.63, 3.8) is 0 Å². The van der Waals surface area contributed by atoms with E-state index >= 15 is 0 Å². The van der Waals surface area contributed by atoms with Crippen LogP contribution in [0.3, 0.4) is 0 Å². The molecule has 0 spiro atoms. The molecular weight excluding hydrogens is 236 g/mol. The van der Waals surface area contributed by atoms with Crippen molar-refractivity contribution in [1.82, 2.24) is 20.3 Å². The Kier molecular flexibility index (Phi) is 4.12. The highest BCUT2D eigenvalue weighted by atomic mass is 35.5. The topological polar surface area (TPSA) is 42.7 Å². The van der Waals surface area contributed by atoms with Crippen molar-refractivity contribution in [2.24, 2.45) is 0 Å². The van der Waals surface area contributed by atoms with Gasteiger partial charge < -0.3 is 5.32 Å². The van der Waals surface area contributed by atoms with Gasteiger partial charge in [0.25, 0.3) is 0 Å². The van der Waals surface area contributed by atoms with Gasteiger partial charge in [-0.2, -0.15) is 0 Å². The molecule has 0 fully saturated rings. The molecular formula is C12H15ClN4. The van der Waals surface area contributed by atoms with Crippen LogP contribution in [0, 0.1) is 0 Å². The van der Waals surface area contributed by atoms with E-state index in [-0.39, 0.29) is 0 Å². The molecule has 1 aromatic heterocycles. The molecule has 1 heterocycles. The smallest absolute Gasteiger partial charge is 0.0969 e. The fourth-order valence-electron chi connectivity index (χ4n) is 1.53. The third-order valence-corrected chi connectivity index (χ3v) is 2.69. The summed E-state index contributed by atoms with van der Waals surface area (Å²) in [5.41, 5.74) is 1.77. The first-order valence-electron chi connectivity index (χ1n) is 5.68. The van der Waals surface area contributed by atoms with Gasteiger partial charge in [-0.15, -0.1) is 5.10 Å². The fraction of sp³-hybridized carbons (Fsp3) is 0.333. The lowest BCUT2D eigenvalue weighted by Gasteiger charge is -2.01. The van der Waals surface area contributed by atoms with Crippen LogP contribution in [0.1, 0.15) is 19.0 Å². The van der Waals surface area contributed by atoms with Crippen molar-refractivity contribution in [3.8, 4) is 5.69 Å². The summed E-state index contributed by atoms with van der Waals surface area (Å²) in [4.78, 5) is 0. The number of halogens is 1. The van der Waals surface area contributed by atoms with Gasteiger partial charge in [-0.3, -0.25) is 0 Å². The Bertz CT molecular complexity index is 481. The minimum absolute atomic E-state index is 0.672. The largest absolute Gasteiger partial charge is 0.311 e. The van der Waals surface area contributed by atoms with Crippen molar-refractivity contribution >= 4 is 11.6 Å². The third kappa shape index (κ3) is 3.05. The number of hydrogen-bond acceptors (Lipinski definition) is 3. The highest BCUT2D eigenvalue weighted by Gasteiger charge is 2.05. The van der Waals surface area contributed by atoms with Crippen LogP contribution in [0.15, 0.2) is 30.5 Å². The van der Waals surface area contributed by atoms with Gasteiger partial charge in [-0.25, -0.2) is 4.68 Å². The number of aromatic nitrogens is 3. The normalized spacial score (nSPS) is 10.7. The first kappa shape index (κ1) is 12.1. The lowest BCUT2D eigenvalue weighted by molar-refractivity contribution is 0.662. The predicted octanol–water partition coefficient (Wildman–Crippen LogP) is 2.42. The van der Waals surface area contributed by atoms with E-state index in [1.807, 2.05) is 30.5 Å². The monoisotopic (exact) mass is 250 g/mol. The minimum Gasteiger partial charge on any atom is -0.311 e. The average molecular weight is 251 g/mol. The van der Waals surface area contributed by atoms with E-state index in [0.717, 1.165) is 30.9 Å². The van der Waals surface area contributed by atoms with E-state index in [2.05, 4.69) is 22.6 Å². The van der Waals surface area contributed by atoms with E-state index < -0.39 is 0 Å². The number of rotatable bonds is 5. The molecule has 0 aliphatic rings.